The van der Waals surface area contributed by atoms with Crippen LogP contribution in [-0.4, -0.2) is 45.9 Å². The molecule has 0 amide bonds. The molecule has 1 atom stereocenters. The van der Waals surface area contributed by atoms with Crippen LogP contribution in [0.1, 0.15) is 24.1 Å². The molecule has 1 aromatic carbocycles. The van der Waals surface area contributed by atoms with Crippen molar-refractivity contribution in [1.82, 2.24) is 34.2 Å². The number of aromatic nitrogens is 7. The van der Waals surface area contributed by atoms with Crippen LogP contribution < -0.4 is 0 Å². The molecule has 0 fully saturated rings. The van der Waals surface area contributed by atoms with Crippen molar-refractivity contribution in [3.05, 3.63) is 66.4 Å². The van der Waals surface area contributed by atoms with Gasteiger partial charge in [-0.15, -0.1) is 0 Å². The highest BCUT2D eigenvalue weighted by atomic mass is 16.3. The first-order valence-corrected chi connectivity index (χ1v) is 9.54. The molecule has 0 unspecified atom stereocenters. The number of hydrogen-bond donors (Lipinski definition) is 1. The SMILES string of the molecule is C[C@@H](c1ccc2c(cnn2CCO)c1)c1cnc2ccc(-c3cnn(C)c3)nn12. The second kappa shape index (κ2) is 6.82. The summed E-state index contributed by atoms with van der Waals surface area (Å²) < 4.78 is 5.50. The third kappa shape index (κ3) is 2.98. The van der Waals surface area contributed by atoms with Gasteiger partial charge in [-0.05, 0) is 29.8 Å². The van der Waals surface area contributed by atoms with Crippen molar-refractivity contribution in [2.75, 3.05) is 6.61 Å². The molecule has 0 aliphatic heterocycles. The Balaban J connectivity index is 1.55. The Morgan fingerprint density at radius 1 is 1.07 bits per heavy atom. The van der Waals surface area contributed by atoms with Crippen LogP contribution in [0.2, 0.25) is 0 Å². The van der Waals surface area contributed by atoms with Crippen molar-refractivity contribution in [3.63, 3.8) is 0 Å². The molecule has 0 bridgehead atoms. The van der Waals surface area contributed by atoms with Crippen LogP contribution in [0.4, 0.5) is 0 Å². The highest BCUT2D eigenvalue weighted by Crippen LogP contribution is 2.28. The van der Waals surface area contributed by atoms with Crippen LogP contribution in [0, 0.1) is 0 Å². The van der Waals surface area contributed by atoms with E-state index in [0.717, 1.165) is 39.1 Å². The van der Waals surface area contributed by atoms with Crippen LogP contribution >= 0.6 is 0 Å². The van der Waals surface area contributed by atoms with E-state index in [1.807, 2.05) is 53.2 Å². The van der Waals surface area contributed by atoms with Gasteiger partial charge < -0.3 is 5.11 Å². The Morgan fingerprint density at radius 3 is 2.76 bits per heavy atom. The van der Waals surface area contributed by atoms with Gasteiger partial charge in [-0.3, -0.25) is 9.36 Å². The van der Waals surface area contributed by atoms with Gasteiger partial charge in [0.15, 0.2) is 5.65 Å². The lowest BCUT2D eigenvalue weighted by Crippen LogP contribution is -2.05. The first-order chi connectivity index (χ1) is 14.1. The zero-order valence-electron chi connectivity index (χ0n) is 16.3. The largest absolute Gasteiger partial charge is 0.394 e. The molecule has 0 radical (unpaired) electrons. The van der Waals surface area contributed by atoms with E-state index in [4.69, 9.17) is 5.10 Å². The third-order valence-corrected chi connectivity index (χ3v) is 5.31. The van der Waals surface area contributed by atoms with Gasteiger partial charge in [0.1, 0.15) is 0 Å². The standard InChI is InChI=1S/C21H21N7O/c1-14(15-3-5-19-16(9-15)10-24-27(19)7-8-29)20-12-22-21-6-4-18(25-28(20)21)17-11-23-26(2)13-17/h3-6,9-14,29H,7-8H2,1-2H3/t14-/m0/s1. The van der Waals surface area contributed by atoms with E-state index in [0.29, 0.717) is 6.54 Å². The number of rotatable bonds is 5. The van der Waals surface area contributed by atoms with Gasteiger partial charge in [-0.1, -0.05) is 13.0 Å². The molecule has 4 aromatic heterocycles. The number of fused-ring (bicyclic) bond motifs is 2. The summed E-state index contributed by atoms with van der Waals surface area (Å²) in [6.45, 7) is 2.72. The molecule has 146 valence electrons. The summed E-state index contributed by atoms with van der Waals surface area (Å²) in [7, 11) is 1.89. The lowest BCUT2D eigenvalue weighted by molar-refractivity contribution is 0.271. The summed E-state index contributed by atoms with van der Waals surface area (Å²) in [5.41, 5.74) is 5.85. The van der Waals surface area contributed by atoms with Crippen molar-refractivity contribution in [1.29, 1.82) is 0 Å². The van der Waals surface area contributed by atoms with Gasteiger partial charge in [0.25, 0.3) is 0 Å². The van der Waals surface area contributed by atoms with E-state index in [1.54, 1.807) is 4.68 Å². The molecule has 8 nitrogen and oxygen atoms in total. The van der Waals surface area contributed by atoms with Crippen LogP contribution in [0.3, 0.4) is 0 Å². The van der Waals surface area contributed by atoms with Gasteiger partial charge in [-0.2, -0.15) is 15.3 Å². The zero-order valence-corrected chi connectivity index (χ0v) is 16.3. The number of aliphatic hydroxyl groups is 1. The van der Waals surface area contributed by atoms with Gasteiger partial charge in [0.2, 0.25) is 0 Å². The second-order valence-electron chi connectivity index (χ2n) is 7.21. The molecule has 4 heterocycles. The minimum Gasteiger partial charge on any atom is -0.394 e. The van der Waals surface area contributed by atoms with Crippen LogP contribution in [-0.2, 0) is 13.6 Å². The monoisotopic (exact) mass is 387 g/mol. The molecule has 5 rings (SSSR count). The summed E-state index contributed by atoms with van der Waals surface area (Å²) in [6.07, 6.45) is 7.49. The number of aryl methyl sites for hydroxylation is 1. The predicted octanol–water partition coefficient (Wildman–Crippen LogP) is 2.62. The molecule has 0 saturated carbocycles. The number of nitrogens with zero attached hydrogens (tertiary/aromatic N) is 7. The molecule has 0 spiro atoms. The smallest absolute Gasteiger partial charge is 0.153 e. The van der Waals surface area contributed by atoms with Gasteiger partial charge in [-0.25, -0.2) is 9.50 Å². The molecule has 8 heteroatoms. The maximum atomic E-state index is 9.19. The molecule has 0 aliphatic rings. The minimum absolute atomic E-state index is 0.0711. The Hall–Kier alpha value is -3.52. The average Bonchev–Trinajstić information content (AvgIpc) is 3.45. The molecular formula is C21H21N7O. The lowest BCUT2D eigenvalue weighted by Gasteiger charge is -2.12. The average molecular weight is 387 g/mol. The van der Waals surface area contributed by atoms with Gasteiger partial charge in [0, 0.05) is 30.1 Å². The fourth-order valence-electron chi connectivity index (χ4n) is 3.71. The Morgan fingerprint density at radius 2 is 1.97 bits per heavy atom. The number of aliphatic hydroxyl groups excluding tert-OH is 1. The molecule has 5 aromatic rings. The third-order valence-electron chi connectivity index (χ3n) is 5.31. The molecule has 1 N–H and O–H groups in total. The lowest BCUT2D eigenvalue weighted by atomic mass is 9.97. The van der Waals surface area contributed by atoms with E-state index in [9.17, 15) is 5.11 Å². The van der Waals surface area contributed by atoms with Crippen LogP contribution in [0.15, 0.2) is 55.1 Å². The van der Waals surface area contributed by atoms with Gasteiger partial charge >= 0.3 is 0 Å². The van der Waals surface area contributed by atoms with Gasteiger partial charge in [0.05, 0.1) is 48.6 Å². The van der Waals surface area contributed by atoms with E-state index >= 15 is 0 Å². The normalized spacial score (nSPS) is 12.8. The van der Waals surface area contributed by atoms with Crippen LogP contribution in [0.25, 0.3) is 27.8 Å². The first kappa shape index (κ1) is 17.6. The Kier molecular flexibility index (Phi) is 4.13. The summed E-state index contributed by atoms with van der Waals surface area (Å²) in [6, 6.07) is 10.3. The summed E-state index contributed by atoms with van der Waals surface area (Å²) in [4.78, 5) is 4.53. The molecular weight excluding hydrogens is 366 g/mol. The van der Waals surface area contributed by atoms with E-state index in [1.165, 1.54) is 0 Å². The van der Waals surface area contributed by atoms with Crippen molar-refractivity contribution >= 4 is 16.6 Å². The highest BCUT2D eigenvalue weighted by Gasteiger charge is 2.17. The highest BCUT2D eigenvalue weighted by molar-refractivity contribution is 5.79. The number of imidazole rings is 1. The zero-order chi connectivity index (χ0) is 20.0. The topological polar surface area (TPSA) is 86.1 Å². The van der Waals surface area contributed by atoms with Crippen LogP contribution in [0.5, 0.6) is 0 Å². The van der Waals surface area contributed by atoms with Crippen molar-refractivity contribution in [2.45, 2.75) is 19.4 Å². The fraction of sp³-hybridized carbons (Fsp3) is 0.238. The van der Waals surface area contributed by atoms with Crippen molar-refractivity contribution < 1.29 is 5.11 Å². The predicted molar refractivity (Wildman–Crippen MR) is 110 cm³/mol. The van der Waals surface area contributed by atoms with Crippen molar-refractivity contribution in [2.24, 2.45) is 7.05 Å². The second-order valence-corrected chi connectivity index (χ2v) is 7.21. The maximum Gasteiger partial charge on any atom is 0.153 e. The van der Waals surface area contributed by atoms with Crippen molar-refractivity contribution in [3.8, 4) is 11.3 Å². The Bertz CT molecular complexity index is 1310. The summed E-state index contributed by atoms with van der Waals surface area (Å²) >= 11 is 0. The molecule has 0 aliphatic carbocycles. The maximum absolute atomic E-state index is 9.19. The quantitative estimate of drug-likeness (QED) is 0.501. The first-order valence-electron chi connectivity index (χ1n) is 9.54. The number of benzene rings is 1. The van der Waals surface area contributed by atoms with E-state index in [-0.39, 0.29) is 12.5 Å². The summed E-state index contributed by atoms with van der Waals surface area (Å²) in [5, 5.41) is 23.7. The van der Waals surface area contributed by atoms with E-state index in [2.05, 4.69) is 40.3 Å². The summed E-state index contributed by atoms with van der Waals surface area (Å²) in [5.74, 6) is 0.104. The van der Waals surface area contributed by atoms with E-state index < -0.39 is 0 Å². The fourth-order valence-corrected chi connectivity index (χ4v) is 3.71. The Labute approximate surface area is 167 Å². The molecule has 29 heavy (non-hydrogen) atoms. The minimum atomic E-state index is 0.0711. The molecule has 0 saturated heterocycles. The number of hydrogen-bond acceptors (Lipinski definition) is 5.